The number of para-hydroxylation sites is 1. The summed E-state index contributed by atoms with van der Waals surface area (Å²) in [5.74, 6) is -0.732. The largest absolute Gasteiger partial charge is 0.493 e. The molecule has 1 atom stereocenters. The van der Waals surface area contributed by atoms with Crippen LogP contribution in [0.15, 0.2) is 24.3 Å². The standard InChI is InChI=1S/C15H19NO4/c1-10(2)16(11(3)17)15(14(18)19)8-9-20-13-7-5-4-6-12(13)15/h4-7,10H,8-9H2,1-3H3,(H,18,19). The Morgan fingerprint density at radius 1 is 1.35 bits per heavy atom. The number of carbonyl (C=O) groups excluding carboxylic acids is 1. The van der Waals surface area contributed by atoms with Gasteiger partial charge in [-0.1, -0.05) is 18.2 Å². The highest BCUT2D eigenvalue weighted by atomic mass is 16.5. The average molecular weight is 277 g/mol. The topological polar surface area (TPSA) is 66.8 Å². The van der Waals surface area contributed by atoms with Crippen LogP contribution in [0.25, 0.3) is 0 Å². The molecule has 20 heavy (non-hydrogen) atoms. The van der Waals surface area contributed by atoms with Gasteiger partial charge in [0.15, 0.2) is 5.54 Å². The van der Waals surface area contributed by atoms with E-state index in [0.717, 1.165) is 0 Å². The molecule has 0 saturated heterocycles. The number of carboxylic acid groups (broad SMARTS) is 1. The Bertz CT molecular complexity index is 540. The lowest BCUT2D eigenvalue weighted by Gasteiger charge is -2.45. The molecule has 0 aliphatic carbocycles. The molecule has 0 saturated carbocycles. The van der Waals surface area contributed by atoms with Crippen molar-refractivity contribution >= 4 is 11.9 Å². The van der Waals surface area contributed by atoms with Gasteiger partial charge in [-0.15, -0.1) is 0 Å². The number of nitrogens with zero attached hydrogens (tertiary/aromatic N) is 1. The molecule has 0 fully saturated rings. The molecular formula is C15H19NO4. The van der Waals surface area contributed by atoms with Crippen molar-refractivity contribution in [2.45, 2.75) is 38.8 Å². The quantitative estimate of drug-likeness (QED) is 0.917. The van der Waals surface area contributed by atoms with E-state index in [0.29, 0.717) is 11.3 Å². The summed E-state index contributed by atoms with van der Waals surface area (Å²) >= 11 is 0. The van der Waals surface area contributed by atoms with E-state index in [9.17, 15) is 14.7 Å². The summed E-state index contributed by atoms with van der Waals surface area (Å²) in [4.78, 5) is 25.5. The van der Waals surface area contributed by atoms with Crippen molar-refractivity contribution in [3.8, 4) is 5.75 Å². The van der Waals surface area contributed by atoms with E-state index in [1.54, 1.807) is 24.3 Å². The highest BCUT2D eigenvalue weighted by molar-refractivity contribution is 5.88. The second-order valence-corrected chi connectivity index (χ2v) is 5.24. The number of fused-ring (bicyclic) bond motifs is 1. The minimum absolute atomic E-state index is 0.213. The Morgan fingerprint density at radius 3 is 2.55 bits per heavy atom. The van der Waals surface area contributed by atoms with Gasteiger partial charge < -0.3 is 14.7 Å². The van der Waals surface area contributed by atoms with E-state index in [2.05, 4.69) is 0 Å². The van der Waals surface area contributed by atoms with Crippen molar-refractivity contribution in [3.63, 3.8) is 0 Å². The number of aliphatic carboxylic acids is 1. The van der Waals surface area contributed by atoms with Gasteiger partial charge in [-0.2, -0.15) is 0 Å². The number of rotatable bonds is 3. The lowest BCUT2D eigenvalue weighted by molar-refractivity contribution is -0.164. The van der Waals surface area contributed by atoms with Gasteiger partial charge in [-0.05, 0) is 19.9 Å². The number of ether oxygens (including phenoxy) is 1. The van der Waals surface area contributed by atoms with Crippen molar-refractivity contribution in [1.29, 1.82) is 0 Å². The molecule has 1 heterocycles. The van der Waals surface area contributed by atoms with Gasteiger partial charge in [0.1, 0.15) is 5.75 Å². The molecular weight excluding hydrogens is 258 g/mol. The second-order valence-electron chi connectivity index (χ2n) is 5.24. The summed E-state index contributed by atoms with van der Waals surface area (Å²) in [6.07, 6.45) is 0.247. The van der Waals surface area contributed by atoms with E-state index in [1.165, 1.54) is 11.8 Å². The molecule has 1 aliphatic heterocycles. The summed E-state index contributed by atoms with van der Waals surface area (Å²) in [7, 11) is 0. The molecule has 2 rings (SSSR count). The lowest BCUT2D eigenvalue weighted by atomic mass is 9.81. The highest BCUT2D eigenvalue weighted by Crippen LogP contribution is 2.42. The predicted molar refractivity (Wildman–Crippen MR) is 73.5 cm³/mol. The summed E-state index contributed by atoms with van der Waals surface area (Å²) in [6.45, 7) is 5.33. The zero-order chi connectivity index (χ0) is 14.9. The Kier molecular flexibility index (Phi) is 3.70. The van der Waals surface area contributed by atoms with Gasteiger partial charge in [0.05, 0.1) is 6.61 Å². The fourth-order valence-corrected chi connectivity index (χ4v) is 3.03. The van der Waals surface area contributed by atoms with Crippen LogP contribution in [0.2, 0.25) is 0 Å². The van der Waals surface area contributed by atoms with E-state index in [4.69, 9.17) is 4.74 Å². The summed E-state index contributed by atoms with van der Waals surface area (Å²) in [5.41, 5.74) is -0.808. The smallest absolute Gasteiger partial charge is 0.334 e. The first kappa shape index (κ1) is 14.4. The third-order valence-electron chi connectivity index (χ3n) is 3.67. The molecule has 108 valence electrons. The van der Waals surface area contributed by atoms with Crippen molar-refractivity contribution < 1.29 is 19.4 Å². The van der Waals surface area contributed by atoms with Crippen LogP contribution in [-0.4, -0.2) is 34.5 Å². The second kappa shape index (κ2) is 5.15. The maximum Gasteiger partial charge on any atom is 0.334 e. The number of carboxylic acids is 1. The third kappa shape index (κ3) is 2.03. The molecule has 1 aromatic carbocycles. The highest BCUT2D eigenvalue weighted by Gasteiger charge is 2.51. The molecule has 1 N–H and O–H groups in total. The average Bonchev–Trinajstić information content (AvgIpc) is 2.37. The first-order valence-electron chi connectivity index (χ1n) is 6.67. The Labute approximate surface area is 118 Å². The van der Waals surface area contributed by atoms with Crippen LogP contribution in [0.1, 0.15) is 32.8 Å². The Balaban J connectivity index is 2.68. The molecule has 0 bridgehead atoms. The van der Waals surface area contributed by atoms with Crippen LogP contribution >= 0.6 is 0 Å². The van der Waals surface area contributed by atoms with Crippen molar-refractivity contribution in [2.24, 2.45) is 0 Å². The fourth-order valence-electron chi connectivity index (χ4n) is 3.03. The van der Waals surface area contributed by atoms with Crippen molar-refractivity contribution in [1.82, 2.24) is 4.90 Å². The lowest BCUT2D eigenvalue weighted by Crippen LogP contribution is -2.58. The summed E-state index contributed by atoms with van der Waals surface area (Å²) in [6, 6.07) is 6.81. The predicted octanol–water partition coefficient (Wildman–Crippen LogP) is 2.01. The van der Waals surface area contributed by atoms with E-state index in [1.807, 2.05) is 13.8 Å². The van der Waals surface area contributed by atoms with E-state index >= 15 is 0 Å². The number of benzene rings is 1. The zero-order valence-electron chi connectivity index (χ0n) is 11.9. The van der Waals surface area contributed by atoms with Gasteiger partial charge in [-0.25, -0.2) is 4.79 Å². The van der Waals surface area contributed by atoms with Crippen LogP contribution < -0.4 is 4.74 Å². The third-order valence-corrected chi connectivity index (χ3v) is 3.67. The molecule has 0 radical (unpaired) electrons. The molecule has 1 amide bonds. The maximum absolute atomic E-state index is 12.0. The monoisotopic (exact) mass is 277 g/mol. The number of hydrogen-bond acceptors (Lipinski definition) is 3. The molecule has 5 nitrogen and oxygen atoms in total. The van der Waals surface area contributed by atoms with Gasteiger partial charge in [-0.3, -0.25) is 4.79 Å². The van der Waals surface area contributed by atoms with Crippen LogP contribution in [0.3, 0.4) is 0 Å². The minimum atomic E-state index is -1.35. The number of amides is 1. The van der Waals surface area contributed by atoms with Crippen LogP contribution in [-0.2, 0) is 15.1 Å². The first-order valence-corrected chi connectivity index (χ1v) is 6.67. The van der Waals surface area contributed by atoms with Crippen LogP contribution in [0.5, 0.6) is 5.75 Å². The van der Waals surface area contributed by atoms with Crippen LogP contribution in [0.4, 0.5) is 0 Å². The molecule has 1 aliphatic rings. The van der Waals surface area contributed by atoms with Crippen molar-refractivity contribution in [2.75, 3.05) is 6.61 Å². The van der Waals surface area contributed by atoms with Gasteiger partial charge in [0.2, 0.25) is 5.91 Å². The molecule has 1 aromatic rings. The van der Waals surface area contributed by atoms with Crippen molar-refractivity contribution in [3.05, 3.63) is 29.8 Å². The molecule has 0 spiro atoms. The van der Waals surface area contributed by atoms with E-state index < -0.39 is 11.5 Å². The minimum Gasteiger partial charge on any atom is -0.493 e. The molecule has 0 aromatic heterocycles. The maximum atomic E-state index is 12.0. The van der Waals surface area contributed by atoms with Gasteiger partial charge in [0.25, 0.3) is 0 Å². The SMILES string of the molecule is CC(=O)N(C(C)C)C1(C(=O)O)CCOc2ccccc21. The Hall–Kier alpha value is -2.04. The summed E-state index contributed by atoms with van der Waals surface area (Å²) in [5, 5.41) is 9.85. The molecule has 5 heteroatoms. The normalized spacial score (nSPS) is 21.0. The number of hydrogen-bond donors (Lipinski definition) is 1. The zero-order valence-corrected chi connectivity index (χ0v) is 11.9. The Morgan fingerprint density at radius 2 is 2.00 bits per heavy atom. The van der Waals surface area contributed by atoms with Gasteiger partial charge >= 0.3 is 5.97 Å². The molecule has 1 unspecified atom stereocenters. The van der Waals surface area contributed by atoms with Crippen LogP contribution in [0, 0.1) is 0 Å². The fraction of sp³-hybridized carbons (Fsp3) is 0.467. The van der Waals surface area contributed by atoms with E-state index in [-0.39, 0.29) is 25.0 Å². The first-order chi connectivity index (χ1) is 9.41. The summed E-state index contributed by atoms with van der Waals surface area (Å²) < 4.78 is 5.54. The van der Waals surface area contributed by atoms with Gasteiger partial charge in [0, 0.05) is 24.9 Å². The number of carbonyl (C=O) groups is 2.